The average Bonchev–Trinajstić information content (AvgIpc) is 2.63. The Hall–Kier alpha value is -1.20. The Balaban J connectivity index is 1.19. The van der Waals surface area contributed by atoms with Gasteiger partial charge in [-0.3, -0.25) is 4.90 Å². The maximum Gasteiger partial charge on any atom is 0.173 e. The Morgan fingerprint density at radius 3 is 2.15 bits per heavy atom. The fraction of sp³-hybridized carbons (Fsp3) is 0.667. The molecule has 6 rings (SSSR count). The van der Waals surface area contributed by atoms with E-state index < -0.39 is 0 Å². The number of piperazine rings is 1. The second-order valence-corrected chi connectivity index (χ2v) is 9.24. The largest absolute Gasteiger partial charge is 0.346 e. The van der Waals surface area contributed by atoms with E-state index in [4.69, 9.17) is 12.2 Å². The van der Waals surface area contributed by atoms with Crippen LogP contribution in [0.3, 0.4) is 0 Å². The third-order valence-electron chi connectivity index (χ3n) is 7.32. The predicted octanol–water partition coefficient (Wildman–Crippen LogP) is 3.96. The van der Waals surface area contributed by atoms with Gasteiger partial charge in [0.05, 0.1) is 5.69 Å². The number of nitrogens with zero attached hydrogens (tertiary/aromatic N) is 2. The van der Waals surface area contributed by atoms with Crippen LogP contribution in [0.5, 0.6) is 0 Å². The van der Waals surface area contributed by atoms with Gasteiger partial charge in [-0.2, -0.15) is 0 Å². The van der Waals surface area contributed by atoms with Crippen molar-refractivity contribution in [3.63, 3.8) is 0 Å². The number of benzene rings is 1. The number of hydrogen-bond donors (Lipinski definition) is 1. The fourth-order valence-corrected chi connectivity index (χ4v) is 6.77. The highest BCUT2D eigenvalue weighted by molar-refractivity contribution is 7.80. The molecule has 1 aliphatic heterocycles. The van der Waals surface area contributed by atoms with Crippen molar-refractivity contribution in [1.29, 1.82) is 0 Å². The van der Waals surface area contributed by atoms with Gasteiger partial charge >= 0.3 is 0 Å². The summed E-state index contributed by atoms with van der Waals surface area (Å²) >= 11 is 5.54. The second-order valence-electron chi connectivity index (χ2n) is 8.85. The molecule has 3 nitrogen and oxygen atoms in total. The summed E-state index contributed by atoms with van der Waals surface area (Å²) in [7, 11) is 0. The summed E-state index contributed by atoms with van der Waals surface area (Å²) in [6.45, 7) is 4.07. The van der Waals surface area contributed by atoms with Crippen molar-refractivity contribution < 1.29 is 4.39 Å². The summed E-state index contributed by atoms with van der Waals surface area (Å²) in [4.78, 5) is 4.96. The molecule has 5 fully saturated rings. The summed E-state index contributed by atoms with van der Waals surface area (Å²) in [5.74, 6) is 3.71. The van der Waals surface area contributed by atoms with E-state index in [1.807, 2.05) is 6.07 Å². The first-order valence-electron chi connectivity index (χ1n) is 10.2. The number of halogens is 1. The van der Waals surface area contributed by atoms with E-state index in [9.17, 15) is 4.39 Å². The molecule has 1 aromatic carbocycles. The summed E-state index contributed by atoms with van der Waals surface area (Å²) in [6.07, 6.45) is 7.43. The van der Waals surface area contributed by atoms with Gasteiger partial charge in [0.15, 0.2) is 5.11 Å². The molecule has 1 saturated heterocycles. The molecule has 4 saturated carbocycles. The molecule has 5 heteroatoms. The van der Waals surface area contributed by atoms with Crippen LogP contribution in [0.4, 0.5) is 10.1 Å². The number of hydrogen-bond acceptors (Lipinski definition) is 2. The molecule has 1 heterocycles. The molecule has 26 heavy (non-hydrogen) atoms. The first-order chi connectivity index (χ1) is 12.7. The minimum Gasteiger partial charge on any atom is -0.346 e. The molecule has 0 radical (unpaired) electrons. The van der Waals surface area contributed by atoms with Crippen molar-refractivity contribution in [1.82, 2.24) is 9.80 Å². The van der Waals surface area contributed by atoms with E-state index in [1.54, 1.807) is 12.1 Å². The van der Waals surface area contributed by atoms with Gasteiger partial charge in [-0.05, 0) is 80.1 Å². The van der Waals surface area contributed by atoms with E-state index in [0.29, 0.717) is 10.8 Å². The summed E-state index contributed by atoms with van der Waals surface area (Å²) in [5.41, 5.74) is 0.473. The molecule has 0 unspecified atom stereocenters. The number of nitrogens with one attached hydrogen (secondary N) is 1. The molecule has 5 aliphatic rings. The monoisotopic (exact) mass is 373 g/mol. The fourth-order valence-electron chi connectivity index (χ4n) is 6.47. The molecule has 1 aromatic rings. The molecule has 4 bridgehead atoms. The normalized spacial score (nSPS) is 36.3. The van der Waals surface area contributed by atoms with E-state index in [-0.39, 0.29) is 5.82 Å². The number of thiocarbonyl (C=S) groups is 1. The van der Waals surface area contributed by atoms with Crippen molar-refractivity contribution in [2.24, 2.45) is 23.7 Å². The molecule has 140 valence electrons. The SMILES string of the molecule is Fc1ccccc1NC(=S)N1CCN(C2C3CC4CC(C3)CC2C4)CC1. The van der Waals surface area contributed by atoms with Crippen molar-refractivity contribution in [3.05, 3.63) is 30.1 Å². The van der Waals surface area contributed by atoms with E-state index in [1.165, 1.54) is 38.2 Å². The lowest BCUT2D eigenvalue weighted by Gasteiger charge is -2.58. The molecule has 0 spiro atoms. The third-order valence-corrected chi connectivity index (χ3v) is 7.68. The van der Waals surface area contributed by atoms with Crippen LogP contribution in [0, 0.1) is 29.5 Å². The van der Waals surface area contributed by atoms with Crippen LogP contribution in [0.2, 0.25) is 0 Å². The van der Waals surface area contributed by atoms with E-state index >= 15 is 0 Å². The van der Waals surface area contributed by atoms with Crippen LogP contribution >= 0.6 is 12.2 Å². The Kier molecular flexibility index (Phi) is 4.40. The van der Waals surface area contributed by atoms with Gasteiger partial charge < -0.3 is 10.2 Å². The molecular weight excluding hydrogens is 345 g/mol. The Morgan fingerprint density at radius 1 is 0.923 bits per heavy atom. The molecule has 0 atom stereocenters. The minimum absolute atomic E-state index is 0.248. The maximum absolute atomic E-state index is 13.8. The first kappa shape index (κ1) is 16.9. The highest BCUT2D eigenvalue weighted by Crippen LogP contribution is 2.55. The van der Waals surface area contributed by atoms with E-state index in [2.05, 4.69) is 15.1 Å². The lowest BCUT2D eigenvalue weighted by Crippen LogP contribution is -2.60. The maximum atomic E-state index is 13.8. The van der Waals surface area contributed by atoms with Gasteiger partial charge in [-0.25, -0.2) is 4.39 Å². The highest BCUT2D eigenvalue weighted by atomic mass is 32.1. The van der Waals surface area contributed by atoms with Crippen molar-refractivity contribution >= 4 is 23.0 Å². The summed E-state index contributed by atoms with van der Waals surface area (Å²) < 4.78 is 13.8. The highest BCUT2D eigenvalue weighted by Gasteiger charge is 2.50. The predicted molar refractivity (Wildman–Crippen MR) is 107 cm³/mol. The van der Waals surface area contributed by atoms with Crippen LogP contribution in [-0.2, 0) is 0 Å². The van der Waals surface area contributed by atoms with Gasteiger partial charge in [0.2, 0.25) is 0 Å². The van der Waals surface area contributed by atoms with Gasteiger partial charge in [0.25, 0.3) is 0 Å². The van der Waals surface area contributed by atoms with Crippen LogP contribution in [0.15, 0.2) is 24.3 Å². The van der Waals surface area contributed by atoms with Crippen molar-refractivity contribution in [3.8, 4) is 0 Å². The molecule has 0 aromatic heterocycles. The molecular formula is C21H28FN3S. The Bertz CT molecular complexity index is 658. The topological polar surface area (TPSA) is 18.5 Å². The number of para-hydroxylation sites is 1. The first-order valence-corrected chi connectivity index (χ1v) is 10.6. The van der Waals surface area contributed by atoms with Crippen LogP contribution in [0.1, 0.15) is 32.1 Å². The zero-order valence-corrected chi connectivity index (χ0v) is 16.1. The zero-order chi connectivity index (χ0) is 17.7. The van der Waals surface area contributed by atoms with Gasteiger partial charge in [-0.1, -0.05) is 12.1 Å². The quantitative estimate of drug-likeness (QED) is 0.791. The summed E-state index contributed by atoms with van der Waals surface area (Å²) in [6, 6.07) is 7.56. The molecule has 1 N–H and O–H groups in total. The van der Waals surface area contributed by atoms with Crippen LogP contribution < -0.4 is 5.32 Å². The van der Waals surface area contributed by atoms with Gasteiger partial charge in [-0.15, -0.1) is 0 Å². The van der Waals surface area contributed by atoms with Crippen molar-refractivity contribution in [2.75, 3.05) is 31.5 Å². The zero-order valence-electron chi connectivity index (χ0n) is 15.2. The number of rotatable bonds is 2. The lowest BCUT2D eigenvalue weighted by molar-refractivity contribution is -0.0726. The molecule has 4 aliphatic carbocycles. The average molecular weight is 374 g/mol. The van der Waals surface area contributed by atoms with Crippen molar-refractivity contribution in [2.45, 2.75) is 38.1 Å². The smallest absolute Gasteiger partial charge is 0.173 e. The minimum atomic E-state index is -0.248. The number of anilines is 1. The van der Waals surface area contributed by atoms with Gasteiger partial charge in [0.1, 0.15) is 5.82 Å². The van der Waals surface area contributed by atoms with Crippen LogP contribution in [-0.4, -0.2) is 47.1 Å². The third kappa shape index (κ3) is 3.03. The van der Waals surface area contributed by atoms with Crippen LogP contribution in [0.25, 0.3) is 0 Å². The van der Waals surface area contributed by atoms with Gasteiger partial charge in [0, 0.05) is 32.2 Å². The Labute approximate surface area is 160 Å². The second kappa shape index (κ2) is 6.75. The Morgan fingerprint density at radius 2 is 1.54 bits per heavy atom. The molecule has 0 amide bonds. The standard InChI is InChI=1S/C21H28FN3S/c22-18-3-1-2-4-19(18)23-21(26)25-7-5-24(6-8-25)20-16-10-14-9-15(12-16)13-17(20)11-14/h1-4,14-17,20H,5-13H2,(H,23,26). The summed E-state index contributed by atoms with van der Waals surface area (Å²) in [5, 5.41) is 3.74. The lowest BCUT2D eigenvalue weighted by atomic mass is 9.54. The van der Waals surface area contributed by atoms with E-state index in [0.717, 1.165) is 55.9 Å².